The monoisotopic (exact) mass is 297 g/mol. The van der Waals surface area contributed by atoms with Crippen LogP contribution in [0.3, 0.4) is 0 Å². The molecule has 1 aliphatic carbocycles. The van der Waals surface area contributed by atoms with E-state index in [0.717, 1.165) is 19.3 Å². The molecule has 1 aromatic carbocycles. The fourth-order valence-electron chi connectivity index (χ4n) is 3.05. The molecular formula is C14H23N3O2S. The van der Waals surface area contributed by atoms with Gasteiger partial charge in [-0.15, -0.1) is 0 Å². The Hall–Kier alpha value is -1.11. The second-order valence-corrected chi connectivity index (χ2v) is 7.47. The highest BCUT2D eigenvalue weighted by Gasteiger charge is 2.28. The van der Waals surface area contributed by atoms with E-state index in [-0.39, 0.29) is 6.04 Å². The topological polar surface area (TPSA) is 84.2 Å². The fraction of sp³-hybridized carbons (Fsp3) is 0.571. The third-order valence-electron chi connectivity index (χ3n) is 3.91. The third kappa shape index (κ3) is 3.13. The van der Waals surface area contributed by atoms with Gasteiger partial charge in [0, 0.05) is 11.7 Å². The maximum absolute atomic E-state index is 12.6. The summed E-state index contributed by atoms with van der Waals surface area (Å²) in [4.78, 5) is 0.371. The van der Waals surface area contributed by atoms with Crippen molar-refractivity contribution in [2.75, 3.05) is 5.43 Å². The molecule has 20 heavy (non-hydrogen) atoms. The number of nitrogen functional groups attached to an aromatic ring is 1. The predicted octanol–water partition coefficient (Wildman–Crippen LogP) is 2.06. The normalized spacial score (nSPS) is 23.0. The first-order chi connectivity index (χ1) is 9.33. The number of aryl methyl sites for hydroxylation is 2. The predicted molar refractivity (Wildman–Crippen MR) is 80.9 cm³/mol. The summed E-state index contributed by atoms with van der Waals surface area (Å²) in [6.45, 7) is 5.74. The Labute approximate surface area is 121 Å². The van der Waals surface area contributed by atoms with Crippen molar-refractivity contribution in [2.24, 2.45) is 11.8 Å². The minimum atomic E-state index is -3.47. The molecule has 0 amide bonds. The molecule has 0 heterocycles. The number of benzene rings is 1. The van der Waals surface area contributed by atoms with Crippen molar-refractivity contribution in [1.29, 1.82) is 0 Å². The van der Waals surface area contributed by atoms with Crippen LogP contribution < -0.4 is 16.0 Å². The van der Waals surface area contributed by atoms with Crippen LogP contribution in [0.4, 0.5) is 5.69 Å². The van der Waals surface area contributed by atoms with Crippen molar-refractivity contribution in [1.82, 2.24) is 4.72 Å². The minimum Gasteiger partial charge on any atom is -0.324 e. The van der Waals surface area contributed by atoms with Crippen LogP contribution in [0.25, 0.3) is 0 Å². The molecule has 0 radical (unpaired) electrons. The second kappa shape index (κ2) is 5.71. The molecule has 2 unspecified atom stereocenters. The summed E-state index contributed by atoms with van der Waals surface area (Å²) in [5, 5.41) is 0. The number of sulfonamides is 1. The van der Waals surface area contributed by atoms with Gasteiger partial charge >= 0.3 is 0 Å². The highest BCUT2D eigenvalue weighted by atomic mass is 32.2. The molecule has 2 atom stereocenters. The Morgan fingerprint density at radius 3 is 2.25 bits per heavy atom. The van der Waals surface area contributed by atoms with Gasteiger partial charge in [0.1, 0.15) is 0 Å². The van der Waals surface area contributed by atoms with Crippen LogP contribution in [0.2, 0.25) is 0 Å². The van der Waals surface area contributed by atoms with Gasteiger partial charge in [-0.05, 0) is 62.3 Å². The van der Waals surface area contributed by atoms with E-state index in [1.165, 1.54) is 0 Å². The van der Waals surface area contributed by atoms with Gasteiger partial charge in [-0.2, -0.15) is 0 Å². The summed E-state index contributed by atoms with van der Waals surface area (Å²) in [5.41, 5.74) is 4.68. The van der Waals surface area contributed by atoms with Crippen molar-refractivity contribution in [3.05, 3.63) is 23.3 Å². The van der Waals surface area contributed by atoms with E-state index in [9.17, 15) is 8.42 Å². The van der Waals surface area contributed by atoms with Crippen LogP contribution in [0.5, 0.6) is 0 Å². The summed E-state index contributed by atoms with van der Waals surface area (Å²) < 4.78 is 28.0. The van der Waals surface area contributed by atoms with Crippen LogP contribution >= 0.6 is 0 Å². The number of anilines is 1. The molecule has 1 fully saturated rings. The first-order valence-corrected chi connectivity index (χ1v) is 8.42. The number of hydrogen-bond donors (Lipinski definition) is 3. The molecule has 1 saturated carbocycles. The molecule has 6 heteroatoms. The lowest BCUT2D eigenvalue weighted by Gasteiger charge is -2.17. The minimum absolute atomic E-state index is 0.0566. The molecular weight excluding hydrogens is 274 g/mol. The second-order valence-electron chi connectivity index (χ2n) is 5.82. The first kappa shape index (κ1) is 15.3. The quantitative estimate of drug-likeness (QED) is 0.586. The SMILES string of the molecule is Cc1cc(NN)cc(C)c1S(=O)(=O)NC1CCC(C)C1. The molecule has 1 aromatic rings. The van der Waals surface area contributed by atoms with Gasteiger partial charge in [-0.3, -0.25) is 5.84 Å². The Bertz CT molecular complexity index is 575. The molecule has 112 valence electrons. The highest BCUT2D eigenvalue weighted by molar-refractivity contribution is 7.89. The lowest BCUT2D eigenvalue weighted by molar-refractivity contribution is 0.537. The highest BCUT2D eigenvalue weighted by Crippen LogP contribution is 2.28. The van der Waals surface area contributed by atoms with Crippen LogP contribution in [0.15, 0.2) is 17.0 Å². The van der Waals surface area contributed by atoms with Gasteiger partial charge in [0.25, 0.3) is 0 Å². The smallest absolute Gasteiger partial charge is 0.241 e. The molecule has 0 spiro atoms. The molecule has 0 aromatic heterocycles. The van der Waals surface area contributed by atoms with Gasteiger partial charge in [0.2, 0.25) is 10.0 Å². The van der Waals surface area contributed by atoms with Crippen LogP contribution in [-0.4, -0.2) is 14.5 Å². The van der Waals surface area contributed by atoms with Gasteiger partial charge in [-0.25, -0.2) is 13.1 Å². The van der Waals surface area contributed by atoms with E-state index in [1.54, 1.807) is 26.0 Å². The van der Waals surface area contributed by atoms with Crippen molar-refractivity contribution < 1.29 is 8.42 Å². The van der Waals surface area contributed by atoms with Gasteiger partial charge in [-0.1, -0.05) is 6.92 Å². The maximum atomic E-state index is 12.6. The standard InChI is InChI=1S/C14H23N3O2S/c1-9-4-5-12(6-9)17-20(18,19)14-10(2)7-13(16-15)8-11(14)3/h7-9,12,16-17H,4-6,15H2,1-3H3. The summed E-state index contributed by atoms with van der Waals surface area (Å²) >= 11 is 0. The lowest BCUT2D eigenvalue weighted by atomic mass is 10.1. The van der Waals surface area contributed by atoms with E-state index < -0.39 is 10.0 Å². The number of hydrogen-bond acceptors (Lipinski definition) is 4. The number of rotatable bonds is 4. The van der Waals surface area contributed by atoms with E-state index in [1.807, 2.05) is 0 Å². The molecule has 4 N–H and O–H groups in total. The summed E-state index contributed by atoms with van der Waals surface area (Å²) in [6, 6.07) is 3.55. The van der Waals surface area contributed by atoms with Crippen LogP contribution in [0.1, 0.15) is 37.3 Å². The molecule has 0 bridgehead atoms. The average molecular weight is 297 g/mol. The zero-order chi connectivity index (χ0) is 14.9. The number of nitrogens with two attached hydrogens (primary N) is 1. The fourth-order valence-corrected chi connectivity index (χ4v) is 4.79. The van der Waals surface area contributed by atoms with E-state index in [2.05, 4.69) is 17.1 Å². The number of hydrazine groups is 1. The maximum Gasteiger partial charge on any atom is 0.241 e. The lowest BCUT2D eigenvalue weighted by Crippen LogP contribution is -2.33. The Morgan fingerprint density at radius 2 is 1.80 bits per heavy atom. The first-order valence-electron chi connectivity index (χ1n) is 6.93. The molecule has 5 nitrogen and oxygen atoms in total. The van der Waals surface area contributed by atoms with Crippen LogP contribution in [0, 0.1) is 19.8 Å². The van der Waals surface area contributed by atoms with E-state index in [4.69, 9.17) is 5.84 Å². The van der Waals surface area contributed by atoms with Crippen molar-refractivity contribution in [2.45, 2.75) is 51.0 Å². The third-order valence-corrected chi connectivity index (χ3v) is 5.74. The molecule has 2 rings (SSSR count). The Kier molecular flexibility index (Phi) is 4.36. The Morgan fingerprint density at radius 1 is 1.20 bits per heavy atom. The van der Waals surface area contributed by atoms with Crippen molar-refractivity contribution in [3.8, 4) is 0 Å². The summed E-state index contributed by atoms with van der Waals surface area (Å²) in [6.07, 6.45) is 2.92. The average Bonchev–Trinajstić information content (AvgIpc) is 2.72. The zero-order valence-corrected chi connectivity index (χ0v) is 13.0. The number of nitrogens with one attached hydrogen (secondary N) is 2. The summed E-state index contributed by atoms with van der Waals surface area (Å²) in [5.74, 6) is 5.97. The van der Waals surface area contributed by atoms with E-state index >= 15 is 0 Å². The largest absolute Gasteiger partial charge is 0.324 e. The van der Waals surface area contributed by atoms with Crippen molar-refractivity contribution in [3.63, 3.8) is 0 Å². The Balaban J connectivity index is 2.30. The molecule has 0 saturated heterocycles. The molecule has 1 aliphatic rings. The van der Waals surface area contributed by atoms with E-state index in [0.29, 0.717) is 27.6 Å². The van der Waals surface area contributed by atoms with Gasteiger partial charge < -0.3 is 5.43 Å². The molecule has 0 aliphatic heterocycles. The summed E-state index contributed by atoms with van der Waals surface area (Å²) in [7, 11) is -3.47. The van der Waals surface area contributed by atoms with Crippen molar-refractivity contribution >= 4 is 15.7 Å². The zero-order valence-electron chi connectivity index (χ0n) is 12.2. The van der Waals surface area contributed by atoms with Gasteiger partial charge in [0.15, 0.2) is 0 Å². The van der Waals surface area contributed by atoms with Gasteiger partial charge in [0.05, 0.1) is 4.90 Å². The van der Waals surface area contributed by atoms with Crippen LogP contribution in [-0.2, 0) is 10.0 Å².